The molecule has 0 amide bonds. The first kappa shape index (κ1) is 14.0. The zero-order valence-corrected chi connectivity index (χ0v) is 10.9. The van der Waals surface area contributed by atoms with Gasteiger partial charge in [-0.05, 0) is 24.3 Å². The monoisotopic (exact) mass is 334 g/mol. The molecule has 0 aliphatic carbocycles. The number of hydrogen-bond donors (Lipinski definition) is 1. The van der Waals surface area contributed by atoms with Crippen molar-refractivity contribution in [1.82, 2.24) is 0 Å². The maximum Gasteiger partial charge on any atom is 0.133 e. The van der Waals surface area contributed by atoms with Crippen LogP contribution >= 0.6 is 15.9 Å². The Balaban J connectivity index is 2.60. The molecular weight excluding hydrogens is 328 g/mol. The molecule has 2 aromatic rings. The molecule has 0 radical (unpaired) electrons. The summed E-state index contributed by atoms with van der Waals surface area (Å²) in [6, 6.07) is 4.70. The molecule has 1 atom stereocenters. The van der Waals surface area contributed by atoms with Crippen LogP contribution in [0, 0.1) is 23.3 Å². The van der Waals surface area contributed by atoms with E-state index in [9.17, 15) is 22.7 Å². The van der Waals surface area contributed by atoms with Crippen LogP contribution in [0.2, 0.25) is 0 Å². The van der Waals surface area contributed by atoms with Gasteiger partial charge in [0.25, 0.3) is 0 Å². The van der Waals surface area contributed by atoms with E-state index in [1.54, 1.807) is 0 Å². The minimum atomic E-state index is -2.06. The van der Waals surface area contributed by atoms with Gasteiger partial charge < -0.3 is 5.11 Å². The summed E-state index contributed by atoms with van der Waals surface area (Å²) in [7, 11) is 0. The molecule has 0 aliphatic rings. The first-order chi connectivity index (χ1) is 8.91. The molecule has 6 heteroatoms. The first-order valence-electron chi connectivity index (χ1n) is 5.18. The van der Waals surface area contributed by atoms with Gasteiger partial charge in [-0.2, -0.15) is 0 Å². The Labute approximate surface area is 114 Å². The van der Waals surface area contributed by atoms with Crippen LogP contribution in [0.1, 0.15) is 17.2 Å². The first-order valence-corrected chi connectivity index (χ1v) is 5.97. The molecule has 1 nitrogen and oxygen atoms in total. The van der Waals surface area contributed by atoms with E-state index in [-0.39, 0.29) is 4.47 Å². The largest absolute Gasteiger partial charge is 0.383 e. The van der Waals surface area contributed by atoms with Crippen molar-refractivity contribution in [3.8, 4) is 0 Å². The highest BCUT2D eigenvalue weighted by molar-refractivity contribution is 9.10. The SMILES string of the molecule is OC(c1c(F)cccc1F)c1c(F)cc(Br)cc1F. The molecule has 0 saturated heterocycles. The van der Waals surface area contributed by atoms with Crippen LogP contribution in [-0.2, 0) is 0 Å². The zero-order chi connectivity index (χ0) is 14.2. The lowest BCUT2D eigenvalue weighted by molar-refractivity contribution is 0.198. The van der Waals surface area contributed by atoms with Crippen molar-refractivity contribution >= 4 is 15.9 Å². The van der Waals surface area contributed by atoms with Crippen molar-refractivity contribution in [2.24, 2.45) is 0 Å². The average molecular weight is 335 g/mol. The second-order valence-electron chi connectivity index (χ2n) is 3.82. The molecule has 1 unspecified atom stereocenters. The molecule has 2 rings (SSSR count). The fourth-order valence-electron chi connectivity index (χ4n) is 1.73. The summed E-state index contributed by atoms with van der Waals surface area (Å²) in [5.74, 6) is -4.34. The van der Waals surface area contributed by atoms with E-state index in [1.165, 1.54) is 0 Å². The summed E-state index contributed by atoms with van der Waals surface area (Å²) >= 11 is 2.87. The maximum absolute atomic E-state index is 13.6. The van der Waals surface area contributed by atoms with E-state index in [2.05, 4.69) is 15.9 Å². The summed E-state index contributed by atoms with van der Waals surface area (Å²) in [5, 5.41) is 9.83. The minimum Gasteiger partial charge on any atom is -0.383 e. The van der Waals surface area contributed by atoms with Gasteiger partial charge >= 0.3 is 0 Å². The molecule has 0 aromatic heterocycles. The fourth-order valence-corrected chi connectivity index (χ4v) is 2.13. The Morgan fingerprint density at radius 1 is 0.842 bits per heavy atom. The van der Waals surface area contributed by atoms with Crippen LogP contribution in [-0.4, -0.2) is 5.11 Å². The van der Waals surface area contributed by atoms with Gasteiger partial charge in [-0.1, -0.05) is 22.0 Å². The molecule has 0 spiro atoms. The fraction of sp³-hybridized carbons (Fsp3) is 0.0769. The maximum atomic E-state index is 13.6. The third kappa shape index (κ3) is 2.64. The summed E-state index contributed by atoms with van der Waals surface area (Å²) in [5.41, 5.74) is -1.59. The average Bonchev–Trinajstić information content (AvgIpc) is 2.26. The van der Waals surface area contributed by atoms with Crippen molar-refractivity contribution in [3.63, 3.8) is 0 Å². The lowest BCUT2D eigenvalue weighted by Gasteiger charge is -2.15. The predicted molar refractivity (Wildman–Crippen MR) is 64.5 cm³/mol. The highest BCUT2D eigenvalue weighted by atomic mass is 79.9. The molecule has 0 bridgehead atoms. The van der Waals surface area contributed by atoms with E-state index >= 15 is 0 Å². The van der Waals surface area contributed by atoms with Crippen molar-refractivity contribution in [1.29, 1.82) is 0 Å². The molecule has 0 fully saturated rings. The quantitative estimate of drug-likeness (QED) is 0.820. The van der Waals surface area contributed by atoms with E-state index in [1.807, 2.05) is 0 Å². The molecule has 2 aromatic carbocycles. The van der Waals surface area contributed by atoms with Crippen LogP contribution < -0.4 is 0 Å². The number of benzene rings is 2. The van der Waals surface area contributed by atoms with Crippen molar-refractivity contribution in [2.75, 3.05) is 0 Å². The smallest absolute Gasteiger partial charge is 0.133 e. The Kier molecular flexibility index (Phi) is 3.91. The molecule has 0 heterocycles. The van der Waals surface area contributed by atoms with Gasteiger partial charge in [0, 0.05) is 4.47 Å². The van der Waals surface area contributed by atoms with Gasteiger partial charge in [-0.15, -0.1) is 0 Å². The molecule has 1 N–H and O–H groups in total. The van der Waals surface area contributed by atoms with Crippen molar-refractivity contribution < 1.29 is 22.7 Å². The van der Waals surface area contributed by atoms with E-state index < -0.39 is 40.5 Å². The molecule has 0 aliphatic heterocycles. The van der Waals surface area contributed by atoms with Crippen LogP contribution in [0.15, 0.2) is 34.8 Å². The number of halogens is 5. The number of aliphatic hydroxyl groups excluding tert-OH is 1. The second-order valence-corrected chi connectivity index (χ2v) is 4.74. The lowest BCUT2D eigenvalue weighted by Crippen LogP contribution is -2.10. The zero-order valence-electron chi connectivity index (χ0n) is 9.30. The number of aliphatic hydroxyl groups is 1. The highest BCUT2D eigenvalue weighted by Crippen LogP contribution is 2.31. The summed E-state index contributed by atoms with van der Waals surface area (Å²) in [6.45, 7) is 0. The third-order valence-corrected chi connectivity index (χ3v) is 3.05. The summed E-state index contributed by atoms with van der Waals surface area (Å²) in [6.07, 6.45) is -2.06. The van der Waals surface area contributed by atoms with Crippen LogP contribution in [0.4, 0.5) is 17.6 Å². The third-order valence-electron chi connectivity index (χ3n) is 2.59. The Morgan fingerprint density at radius 3 is 1.74 bits per heavy atom. The topological polar surface area (TPSA) is 20.2 Å². The number of hydrogen-bond acceptors (Lipinski definition) is 1. The Morgan fingerprint density at radius 2 is 1.26 bits per heavy atom. The molecule has 100 valence electrons. The molecular formula is C13H7BrF4O. The van der Waals surface area contributed by atoms with Crippen LogP contribution in [0.5, 0.6) is 0 Å². The lowest BCUT2D eigenvalue weighted by atomic mass is 9.99. The highest BCUT2D eigenvalue weighted by Gasteiger charge is 2.25. The Bertz CT molecular complexity index is 587. The van der Waals surface area contributed by atoms with E-state index in [0.29, 0.717) is 0 Å². The van der Waals surface area contributed by atoms with E-state index in [0.717, 1.165) is 30.3 Å². The number of rotatable bonds is 2. The van der Waals surface area contributed by atoms with Gasteiger partial charge in [-0.25, -0.2) is 17.6 Å². The Hall–Kier alpha value is -1.40. The van der Waals surface area contributed by atoms with Gasteiger partial charge in [0.2, 0.25) is 0 Å². The summed E-state index contributed by atoms with van der Waals surface area (Å²) < 4.78 is 54.3. The summed E-state index contributed by atoms with van der Waals surface area (Å²) in [4.78, 5) is 0. The minimum absolute atomic E-state index is 0.118. The normalized spacial score (nSPS) is 12.5. The molecule has 0 saturated carbocycles. The second kappa shape index (κ2) is 5.30. The molecule has 19 heavy (non-hydrogen) atoms. The van der Waals surface area contributed by atoms with Gasteiger partial charge in [0.1, 0.15) is 29.4 Å². The van der Waals surface area contributed by atoms with Crippen molar-refractivity contribution in [2.45, 2.75) is 6.10 Å². The van der Waals surface area contributed by atoms with Gasteiger partial charge in [0.05, 0.1) is 11.1 Å². The standard InChI is InChI=1S/C13H7BrF4O/c14-6-4-9(17)12(10(18)5-6)13(19)11-7(15)2-1-3-8(11)16/h1-5,13,19H. The van der Waals surface area contributed by atoms with Gasteiger partial charge in [0.15, 0.2) is 0 Å². The van der Waals surface area contributed by atoms with E-state index in [4.69, 9.17) is 0 Å². The van der Waals surface area contributed by atoms with Crippen molar-refractivity contribution in [3.05, 3.63) is 69.2 Å². The predicted octanol–water partition coefficient (Wildman–Crippen LogP) is 4.09. The van der Waals surface area contributed by atoms with Crippen LogP contribution in [0.3, 0.4) is 0 Å². The van der Waals surface area contributed by atoms with Gasteiger partial charge in [-0.3, -0.25) is 0 Å². The van der Waals surface area contributed by atoms with Crippen LogP contribution in [0.25, 0.3) is 0 Å².